The minimum Gasteiger partial charge on any atom is -0.443 e. The zero-order valence-electron chi connectivity index (χ0n) is 7.47. The Hall–Kier alpha value is -1.84. The van der Waals surface area contributed by atoms with Crippen LogP contribution in [0, 0.1) is 0 Å². The van der Waals surface area contributed by atoms with Crippen molar-refractivity contribution in [2.45, 2.75) is 0 Å². The highest BCUT2D eigenvalue weighted by Gasteiger charge is 2.25. The topological polar surface area (TPSA) is 46.6 Å². The molecule has 0 saturated carbocycles. The normalized spacial score (nSPS) is 15.4. The zero-order chi connectivity index (χ0) is 9.97. The standard InChI is InChI=1S/C10H9NO3/c12-9-6-11(7-14-9)10(13)8-4-2-1-3-5-8/h1-5H,6-7H2. The number of esters is 1. The van der Waals surface area contributed by atoms with E-state index >= 15 is 0 Å². The van der Waals surface area contributed by atoms with Crippen molar-refractivity contribution in [3.8, 4) is 0 Å². The summed E-state index contributed by atoms with van der Waals surface area (Å²) in [6.45, 7) is 0.111. The summed E-state index contributed by atoms with van der Waals surface area (Å²) in [5.41, 5.74) is 0.575. The molecule has 1 saturated heterocycles. The van der Waals surface area contributed by atoms with E-state index in [2.05, 4.69) is 4.74 Å². The highest BCUT2D eigenvalue weighted by molar-refractivity contribution is 5.96. The minimum atomic E-state index is -0.353. The summed E-state index contributed by atoms with van der Waals surface area (Å²) in [5.74, 6) is -0.522. The average molecular weight is 191 g/mol. The molecule has 1 fully saturated rings. The van der Waals surface area contributed by atoms with E-state index in [1.54, 1.807) is 24.3 Å². The highest BCUT2D eigenvalue weighted by atomic mass is 16.6. The summed E-state index contributed by atoms with van der Waals surface area (Å²) in [5, 5.41) is 0. The summed E-state index contributed by atoms with van der Waals surface area (Å²) >= 11 is 0. The van der Waals surface area contributed by atoms with Gasteiger partial charge >= 0.3 is 5.97 Å². The molecule has 4 nitrogen and oxygen atoms in total. The van der Waals surface area contributed by atoms with Gasteiger partial charge in [0.05, 0.1) is 0 Å². The Morgan fingerprint density at radius 2 is 2.00 bits per heavy atom. The summed E-state index contributed by atoms with van der Waals surface area (Å²) in [4.78, 5) is 23.8. The third-order valence-corrected chi connectivity index (χ3v) is 2.01. The van der Waals surface area contributed by atoms with Gasteiger partial charge < -0.3 is 4.74 Å². The van der Waals surface area contributed by atoms with Crippen LogP contribution < -0.4 is 0 Å². The third kappa shape index (κ3) is 1.59. The molecule has 0 atom stereocenters. The van der Waals surface area contributed by atoms with Gasteiger partial charge in [0.15, 0.2) is 6.73 Å². The van der Waals surface area contributed by atoms with Gasteiger partial charge in [0, 0.05) is 5.56 Å². The summed E-state index contributed by atoms with van der Waals surface area (Å²) in [7, 11) is 0. The van der Waals surface area contributed by atoms with Crippen LogP contribution in [0.2, 0.25) is 0 Å². The van der Waals surface area contributed by atoms with E-state index in [1.165, 1.54) is 4.90 Å². The molecule has 0 aliphatic carbocycles. The SMILES string of the molecule is O=C1CN(C(=O)c2ccccc2)CO1. The van der Waals surface area contributed by atoms with Crippen molar-refractivity contribution in [2.75, 3.05) is 13.3 Å². The first-order valence-corrected chi connectivity index (χ1v) is 4.27. The number of benzene rings is 1. The lowest BCUT2D eigenvalue weighted by molar-refractivity contribution is -0.136. The van der Waals surface area contributed by atoms with E-state index in [0.717, 1.165) is 0 Å². The zero-order valence-corrected chi connectivity index (χ0v) is 7.47. The minimum absolute atomic E-state index is 0.0493. The average Bonchev–Trinajstić information content (AvgIpc) is 2.65. The van der Waals surface area contributed by atoms with E-state index in [0.29, 0.717) is 5.56 Å². The van der Waals surface area contributed by atoms with E-state index in [9.17, 15) is 9.59 Å². The van der Waals surface area contributed by atoms with Gasteiger partial charge in [-0.25, -0.2) is 0 Å². The van der Waals surface area contributed by atoms with Crippen molar-refractivity contribution in [3.63, 3.8) is 0 Å². The fraction of sp³-hybridized carbons (Fsp3) is 0.200. The van der Waals surface area contributed by atoms with Crippen LogP contribution in [0.4, 0.5) is 0 Å². The molecule has 0 aromatic heterocycles. The Kier molecular flexibility index (Phi) is 2.18. The quantitative estimate of drug-likeness (QED) is 0.612. The molecule has 2 rings (SSSR count). The van der Waals surface area contributed by atoms with Crippen LogP contribution in [0.5, 0.6) is 0 Å². The number of rotatable bonds is 1. The fourth-order valence-electron chi connectivity index (χ4n) is 1.29. The Morgan fingerprint density at radius 3 is 2.57 bits per heavy atom. The van der Waals surface area contributed by atoms with Crippen LogP contribution in [0.3, 0.4) is 0 Å². The lowest BCUT2D eigenvalue weighted by atomic mass is 10.2. The van der Waals surface area contributed by atoms with Gasteiger partial charge in [0.25, 0.3) is 5.91 Å². The van der Waals surface area contributed by atoms with Crippen LogP contribution in [0.15, 0.2) is 30.3 Å². The van der Waals surface area contributed by atoms with Gasteiger partial charge in [-0.05, 0) is 12.1 Å². The fourth-order valence-corrected chi connectivity index (χ4v) is 1.29. The molecule has 14 heavy (non-hydrogen) atoms. The van der Waals surface area contributed by atoms with E-state index in [-0.39, 0.29) is 25.2 Å². The maximum absolute atomic E-state index is 11.7. The molecule has 0 radical (unpaired) electrons. The monoisotopic (exact) mass is 191 g/mol. The van der Waals surface area contributed by atoms with Gasteiger partial charge in [-0.2, -0.15) is 0 Å². The number of carbonyl (C=O) groups excluding carboxylic acids is 2. The van der Waals surface area contributed by atoms with Crippen molar-refractivity contribution in [1.82, 2.24) is 4.90 Å². The van der Waals surface area contributed by atoms with Crippen molar-refractivity contribution >= 4 is 11.9 Å². The molecule has 1 heterocycles. The second kappa shape index (κ2) is 3.49. The molecular weight excluding hydrogens is 182 g/mol. The number of carbonyl (C=O) groups is 2. The molecular formula is C10H9NO3. The van der Waals surface area contributed by atoms with Crippen molar-refractivity contribution in [3.05, 3.63) is 35.9 Å². The van der Waals surface area contributed by atoms with E-state index in [4.69, 9.17) is 0 Å². The molecule has 72 valence electrons. The lowest BCUT2D eigenvalue weighted by Crippen LogP contribution is -2.28. The van der Waals surface area contributed by atoms with Crippen LogP contribution in [-0.4, -0.2) is 30.1 Å². The Balaban J connectivity index is 2.13. The highest BCUT2D eigenvalue weighted by Crippen LogP contribution is 2.08. The smallest absolute Gasteiger partial charge is 0.327 e. The molecule has 4 heteroatoms. The summed E-state index contributed by atoms with van der Waals surface area (Å²) in [6, 6.07) is 8.83. The largest absolute Gasteiger partial charge is 0.443 e. The van der Waals surface area contributed by atoms with Crippen LogP contribution >= 0.6 is 0 Å². The maximum Gasteiger partial charge on any atom is 0.327 e. The first kappa shape index (κ1) is 8.74. The Bertz CT molecular complexity index is 361. The summed E-state index contributed by atoms with van der Waals surface area (Å²) < 4.78 is 4.67. The Labute approximate surface area is 81.1 Å². The van der Waals surface area contributed by atoms with E-state index in [1.807, 2.05) is 6.07 Å². The predicted octanol–water partition coefficient (Wildman–Crippen LogP) is 0.643. The molecule has 0 spiro atoms. The number of cyclic esters (lactones) is 1. The molecule has 1 aromatic rings. The summed E-state index contributed by atoms with van der Waals surface area (Å²) in [6.07, 6.45) is 0. The molecule has 1 amide bonds. The van der Waals surface area contributed by atoms with Gasteiger partial charge in [-0.15, -0.1) is 0 Å². The second-order valence-electron chi connectivity index (χ2n) is 3.01. The van der Waals surface area contributed by atoms with Gasteiger partial charge in [0.2, 0.25) is 0 Å². The van der Waals surface area contributed by atoms with E-state index < -0.39 is 0 Å². The molecule has 0 N–H and O–H groups in total. The first-order valence-electron chi connectivity index (χ1n) is 4.27. The van der Waals surface area contributed by atoms with Crippen LogP contribution in [0.1, 0.15) is 10.4 Å². The lowest BCUT2D eigenvalue weighted by Gasteiger charge is -2.11. The van der Waals surface area contributed by atoms with Crippen LogP contribution in [-0.2, 0) is 9.53 Å². The first-order chi connectivity index (χ1) is 6.77. The van der Waals surface area contributed by atoms with Crippen molar-refractivity contribution in [1.29, 1.82) is 0 Å². The number of hydrogen-bond donors (Lipinski definition) is 0. The van der Waals surface area contributed by atoms with Gasteiger partial charge in [-0.3, -0.25) is 14.5 Å². The molecule has 1 aliphatic rings. The molecule has 0 bridgehead atoms. The number of amides is 1. The third-order valence-electron chi connectivity index (χ3n) is 2.01. The number of nitrogens with zero attached hydrogens (tertiary/aromatic N) is 1. The number of hydrogen-bond acceptors (Lipinski definition) is 3. The Morgan fingerprint density at radius 1 is 1.29 bits per heavy atom. The van der Waals surface area contributed by atoms with Gasteiger partial charge in [0.1, 0.15) is 6.54 Å². The van der Waals surface area contributed by atoms with Crippen molar-refractivity contribution < 1.29 is 14.3 Å². The predicted molar refractivity (Wildman–Crippen MR) is 48.4 cm³/mol. The molecule has 1 aliphatic heterocycles. The van der Waals surface area contributed by atoms with Crippen LogP contribution in [0.25, 0.3) is 0 Å². The molecule has 0 unspecified atom stereocenters. The van der Waals surface area contributed by atoms with Gasteiger partial charge in [-0.1, -0.05) is 18.2 Å². The second-order valence-corrected chi connectivity index (χ2v) is 3.01. The van der Waals surface area contributed by atoms with Crippen molar-refractivity contribution in [2.24, 2.45) is 0 Å². The number of ether oxygens (including phenoxy) is 1. The molecule has 1 aromatic carbocycles. The maximum atomic E-state index is 11.7.